The van der Waals surface area contributed by atoms with Gasteiger partial charge in [0.25, 0.3) is 5.91 Å². The molecule has 0 saturated carbocycles. The summed E-state index contributed by atoms with van der Waals surface area (Å²) in [4.78, 5) is 12.0. The first kappa shape index (κ1) is 12.7. The van der Waals surface area contributed by atoms with E-state index in [-0.39, 0.29) is 11.9 Å². The van der Waals surface area contributed by atoms with Crippen LogP contribution in [-0.4, -0.2) is 18.6 Å². The number of hydrogen-bond acceptors (Lipinski definition) is 2. The maximum absolute atomic E-state index is 13.1. The summed E-state index contributed by atoms with van der Waals surface area (Å²) in [6.07, 6.45) is 0.719. The van der Waals surface area contributed by atoms with Crippen molar-refractivity contribution in [2.45, 2.75) is 12.5 Å². The molecule has 0 aliphatic carbocycles. The highest BCUT2D eigenvalue weighted by Crippen LogP contribution is 2.24. The molecule has 20 heavy (non-hydrogen) atoms. The van der Waals surface area contributed by atoms with Gasteiger partial charge in [-0.3, -0.25) is 4.79 Å². The van der Waals surface area contributed by atoms with E-state index in [1.54, 1.807) is 6.07 Å². The maximum Gasteiger partial charge on any atom is 0.251 e. The highest BCUT2D eigenvalue weighted by molar-refractivity contribution is 5.94. The van der Waals surface area contributed by atoms with E-state index < -0.39 is 5.82 Å². The van der Waals surface area contributed by atoms with Gasteiger partial charge in [0.1, 0.15) is 18.2 Å². The van der Waals surface area contributed by atoms with Crippen LogP contribution in [0.5, 0.6) is 5.75 Å². The molecule has 1 atom stereocenters. The topological polar surface area (TPSA) is 38.3 Å². The summed E-state index contributed by atoms with van der Waals surface area (Å²) in [6.45, 7) is 0.429. The minimum atomic E-state index is -0.414. The zero-order valence-corrected chi connectivity index (χ0v) is 10.8. The number of halogens is 1. The molecule has 1 unspecified atom stereocenters. The molecule has 0 aromatic heterocycles. The summed E-state index contributed by atoms with van der Waals surface area (Å²) in [5.41, 5.74) is 1.40. The Morgan fingerprint density at radius 3 is 2.90 bits per heavy atom. The molecule has 0 saturated heterocycles. The van der Waals surface area contributed by atoms with Crippen LogP contribution in [0.15, 0.2) is 48.5 Å². The molecule has 2 aromatic rings. The second-order valence-electron chi connectivity index (χ2n) is 4.80. The van der Waals surface area contributed by atoms with Gasteiger partial charge in [-0.2, -0.15) is 0 Å². The average molecular weight is 271 g/mol. The first-order valence-electron chi connectivity index (χ1n) is 6.49. The van der Waals surface area contributed by atoms with E-state index in [0.29, 0.717) is 12.2 Å². The Morgan fingerprint density at radius 1 is 1.20 bits per heavy atom. The quantitative estimate of drug-likeness (QED) is 0.911. The average Bonchev–Trinajstić information content (AvgIpc) is 2.47. The molecule has 1 amide bonds. The van der Waals surface area contributed by atoms with Crippen LogP contribution < -0.4 is 10.1 Å². The fourth-order valence-corrected chi connectivity index (χ4v) is 2.32. The zero-order valence-electron chi connectivity index (χ0n) is 10.8. The standard InChI is InChI=1S/C16H14FNO2/c17-13-6-3-5-12(8-13)16(19)18-14-9-11-4-1-2-7-15(11)20-10-14/h1-8,14H,9-10H2,(H,18,19). The molecule has 0 bridgehead atoms. The van der Waals surface area contributed by atoms with E-state index in [2.05, 4.69) is 5.32 Å². The van der Waals surface area contributed by atoms with Crippen LogP contribution in [0.25, 0.3) is 0 Å². The van der Waals surface area contributed by atoms with E-state index in [1.165, 1.54) is 18.2 Å². The van der Waals surface area contributed by atoms with Crippen molar-refractivity contribution in [3.8, 4) is 5.75 Å². The van der Waals surface area contributed by atoms with Gasteiger partial charge in [0.15, 0.2) is 0 Å². The molecule has 3 nitrogen and oxygen atoms in total. The molecule has 4 heteroatoms. The van der Waals surface area contributed by atoms with Gasteiger partial charge in [-0.1, -0.05) is 24.3 Å². The van der Waals surface area contributed by atoms with Crippen molar-refractivity contribution in [1.29, 1.82) is 0 Å². The Balaban J connectivity index is 1.69. The van der Waals surface area contributed by atoms with Crippen LogP contribution in [0.3, 0.4) is 0 Å². The summed E-state index contributed by atoms with van der Waals surface area (Å²) in [5.74, 6) is 0.170. The molecule has 1 aliphatic rings. The number of nitrogens with one attached hydrogen (secondary N) is 1. The third kappa shape index (κ3) is 2.64. The van der Waals surface area contributed by atoms with Crippen molar-refractivity contribution in [2.75, 3.05) is 6.61 Å². The highest BCUT2D eigenvalue weighted by Gasteiger charge is 2.21. The predicted octanol–water partition coefficient (Wildman–Crippen LogP) is 2.56. The molecule has 0 spiro atoms. The number of benzene rings is 2. The van der Waals surface area contributed by atoms with Gasteiger partial charge in [0, 0.05) is 5.56 Å². The number of carbonyl (C=O) groups excluding carboxylic acids is 1. The molecule has 0 radical (unpaired) electrons. The Morgan fingerprint density at radius 2 is 2.05 bits per heavy atom. The largest absolute Gasteiger partial charge is 0.491 e. The van der Waals surface area contributed by atoms with Gasteiger partial charge < -0.3 is 10.1 Å². The first-order chi connectivity index (χ1) is 9.72. The number of amides is 1. The Bertz CT molecular complexity index is 642. The van der Waals surface area contributed by atoms with Gasteiger partial charge in [-0.05, 0) is 36.2 Å². The number of rotatable bonds is 2. The number of carbonyl (C=O) groups is 1. The summed E-state index contributed by atoms with van der Waals surface area (Å²) < 4.78 is 18.7. The molecule has 1 N–H and O–H groups in total. The number of ether oxygens (including phenoxy) is 1. The minimum absolute atomic E-state index is 0.0966. The van der Waals surface area contributed by atoms with E-state index in [4.69, 9.17) is 4.74 Å². The third-order valence-corrected chi connectivity index (χ3v) is 3.30. The second kappa shape index (κ2) is 5.33. The fourth-order valence-electron chi connectivity index (χ4n) is 2.32. The lowest BCUT2D eigenvalue weighted by molar-refractivity contribution is 0.0915. The smallest absolute Gasteiger partial charge is 0.251 e. The van der Waals surface area contributed by atoms with Crippen LogP contribution in [0.4, 0.5) is 4.39 Å². The fraction of sp³-hybridized carbons (Fsp3) is 0.188. The second-order valence-corrected chi connectivity index (χ2v) is 4.80. The Kier molecular flexibility index (Phi) is 3.37. The van der Waals surface area contributed by atoms with E-state index in [0.717, 1.165) is 17.7 Å². The number of fused-ring (bicyclic) bond motifs is 1. The molecule has 2 aromatic carbocycles. The molecule has 0 fully saturated rings. The van der Waals surface area contributed by atoms with E-state index >= 15 is 0 Å². The van der Waals surface area contributed by atoms with Crippen LogP contribution in [0.2, 0.25) is 0 Å². The van der Waals surface area contributed by atoms with Crippen molar-refractivity contribution < 1.29 is 13.9 Å². The monoisotopic (exact) mass is 271 g/mol. The summed E-state index contributed by atoms with van der Waals surface area (Å²) in [5, 5.41) is 2.87. The van der Waals surface area contributed by atoms with Gasteiger partial charge >= 0.3 is 0 Å². The van der Waals surface area contributed by atoms with Crippen molar-refractivity contribution in [3.05, 3.63) is 65.5 Å². The van der Waals surface area contributed by atoms with Crippen LogP contribution >= 0.6 is 0 Å². The Hall–Kier alpha value is -2.36. The maximum atomic E-state index is 13.1. The molecule has 1 heterocycles. The predicted molar refractivity (Wildman–Crippen MR) is 73.3 cm³/mol. The van der Waals surface area contributed by atoms with Gasteiger partial charge in [-0.25, -0.2) is 4.39 Å². The molecule has 102 valence electrons. The lowest BCUT2D eigenvalue weighted by atomic mass is 10.0. The summed E-state index contributed by atoms with van der Waals surface area (Å²) in [7, 11) is 0. The lowest BCUT2D eigenvalue weighted by Gasteiger charge is -2.26. The molecular formula is C16H14FNO2. The molecule has 1 aliphatic heterocycles. The number of hydrogen-bond donors (Lipinski definition) is 1. The van der Waals surface area contributed by atoms with E-state index in [1.807, 2.05) is 24.3 Å². The normalized spacial score (nSPS) is 16.9. The summed E-state index contributed by atoms with van der Waals surface area (Å²) >= 11 is 0. The zero-order chi connectivity index (χ0) is 13.9. The summed E-state index contributed by atoms with van der Waals surface area (Å²) in [6, 6.07) is 13.3. The molecule has 3 rings (SSSR count). The lowest BCUT2D eigenvalue weighted by Crippen LogP contribution is -2.42. The van der Waals surface area contributed by atoms with Crippen molar-refractivity contribution in [2.24, 2.45) is 0 Å². The minimum Gasteiger partial charge on any atom is -0.491 e. The van der Waals surface area contributed by atoms with Crippen molar-refractivity contribution in [1.82, 2.24) is 5.32 Å². The Labute approximate surface area is 116 Å². The van der Waals surface area contributed by atoms with Crippen LogP contribution in [0.1, 0.15) is 15.9 Å². The van der Waals surface area contributed by atoms with Gasteiger partial charge in [-0.15, -0.1) is 0 Å². The number of para-hydroxylation sites is 1. The van der Waals surface area contributed by atoms with Crippen LogP contribution in [0, 0.1) is 5.82 Å². The SMILES string of the molecule is O=C(NC1COc2ccccc2C1)c1cccc(F)c1. The molecular weight excluding hydrogens is 257 g/mol. The van der Waals surface area contributed by atoms with E-state index in [9.17, 15) is 9.18 Å². The van der Waals surface area contributed by atoms with Gasteiger partial charge in [0.2, 0.25) is 0 Å². The van der Waals surface area contributed by atoms with Crippen molar-refractivity contribution >= 4 is 5.91 Å². The third-order valence-electron chi connectivity index (χ3n) is 3.30. The van der Waals surface area contributed by atoms with Gasteiger partial charge in [0.05, 0.1) is 6.04 Å². The highest BCUT2D eigenvalue weighted by atomic mass is 19.1. The first-order valence-corrected chi connectivity index (χ1v) is 6.49. The van der Waals surface area contributed by atoms with Crippen LogP contribution in [-0.2, 0) is 6.42 Å². The van der Waals surface area contributed by atoms with Crippen molar-refractivity contribution in [3.63, 3.8) is 0 Å².